The van der Waals surface area contributed by atoms with E-state index in [1.165, 1.54) is 4.90 Å². The zero-order chi connectivity index (χ0) is 16.3. The highest BCUT2D eigenvalue weighted by atomic mass is 19.4. The Labute approximate surface area is 128 Å². The third kappa shape index (κ3) is 5.01. The Morgan fingerprint density at radius 3 is 2.55 bits per heavy atom. The van der Waals surface area contributed by atoms with Crippen molar-refractivity contribution in [3.8, 4) is 0 Å². The van der Waals surface area contributed by atoms with Crippen LogP contribution in [0.2, 0.25) is 0 Å². The summed E-state index contributed by atoms with van der Waals surface area (Å²) in [5.41, 5.74) is 0. The number of urea groups is 1. The highest BCUT2D eigenvalue weighted by molar-refractivity contribution is 5.74. The summed E-state index contributed by atoms with van der Waals surface area (Å²) in [6.45, 7) is 2.14. The van der Waals surface area contributed by atoms with Gasteiger partial charge < -0.3 is 15.0 Å². The molecule has 0 unspecified atom stereocenters. The maximum Gasteiger partial charge on any atom is 0.401 e. The summed E-state index contributed by atoms with van der Waals surface area (Å²) in [6, 6.07) is -0.503. The van der Waals surface area contributed by atoms with E-state index < -0.39 is 12.7 Å². The Bertz CT molecular complexity index is 388. The fourth-order valence-corrected chi connectivity index (χ4v) is 2.87. The van der Waals surface area contributed by atoms with Crippen LogP contribution in [0.4, 0.5) is 18.0 Å². The molecule has 1 saturated heterocycles. The number of nitrogens with zero attached hydrogens (tertiary/aromatic N) is 2. The molecule has 1 saturated carbocycles. The van der Waals surface area contributed by atoms with E-state index in [2.05, 4.69) is 5.32 Å². The molecule has 2 aliphatic rings. The number of methoxy groups -OCH3 is 1. The van der Waals surface area contributed by atoms with Gasteiger partial charge in [0, 0.05) is 32.8 Å². The van der Waals surface area contributed by atoms with Crippen LogP contribution in [0.15, 0.2) is 0 Å². The van der Waals surface area contributed by atoms with Crippen molar-refractivity contribution in [1.82, 2.24) is 15.1 Å². The standard InChI is InChI=1S/C14H24F3N3O2/c1-10-7-19(5-6-20(10)9-14(15,16)17)13(21)18-12(8-22-2)11-3-4-11/h10-12H,3-9H2,1-2H3,(H,18,21)/t10-,12-/m1/s1. The topological polar surface area (TPSA) is 44.8 Å². The molecule has 2 rings (SSSR count). The second kappa shape index (κ2) is 7.04. The number of amides is 2. The molecule has 1 heterocycles. The zero-order valence-electron chi connectivity index (χ0n) is 13.0. The van der Waals surface area contributed by atoms with Gasteiger partial charge in [-0.1, -0.05) is 0 Å². The molecule has 22 heavy (non-hydrogen) atoms. The number of piperazine rings is 1. The second-order valence-corrected chi connectivity index (χ2v) is 6.23. The number of carbonyl (C=O) groups excluding carboxylic acids is 1. The molecule has 0 aromatic heterocycles. The van der Waals surface area contributed by atoms with Crippen LogP contribution in [0.1, 0.15) is 19.8 Å². The molecule has 2 atom stereocenters. The molecule has 2 amide bonds. The summed E-state index contributed by atoms with van der Waals surface area (Å²) in [5.74, 6) is 0.466. The fourth-order valence-electron chi connectivity index (χ4n) is 2.87. The maximum atomic E-state index is 12.5. The van der Waals surface area contributed by atoms with E-state index in [0.717, 1.165) is 12.8 Å². The smallest absolute Gasteiger partial charge is 0.383 e. The molecule has 0 spiro atoms. The van der Waals surface area contributed by atoms with Crippen LogP contribution in [0.5, 0.6) is 0 Å². The average Bonchev–Trinajstić information content (AvgIpc) is 3.23. The van der Waals surface area contributed by atoms with Crippen LogP contribution in [-0.2, 0) is 4.74 Å². The van der Waals surface area contributed by atoms with Gasteiger partial charge in [0.2, 0.25) is 0 Å². The first kappa shape index (κ1) is 17.3. The van der Waals surface area contributed by atoms with Crippen molar-refractivity contribution >= 4 is 6.03 Å². The lowest BCUT2D eigenvalue weighted by atomic mass is 10.2. The zero-order valence-corrected chi connectivity index (χ0v) is 13.0. The largest absolute Gasteiger partial charge is 0.401 e. The lowest BCUT2D eigenvalue weighted by Crippen LogP contribution is -2.58. The van der Waals surface area contributed by atoms with E-state index in [1.54, 1.807) is 18.9 Å². The maximum absolute atomic E-state index is 12.5. The first-order valence-corrected chi connectivity index (χ1v) is 7.65. The molecule has 0 aromatic carbocycles. The molecule has 0 aromatic rings. The van der Waals surface area contributed by atoms with Crippen LogP contribution < -0.4 is 5.32 Å². The van der Waals surface area contributed by atoms with E-state index in [-0.39, 0.29) is 24.7 Å². The number of halogens is 3. The third-order valence-electron chi connectivity index (χ3n) is 4.28. The highest BCUT2D eigenvalue weighted by Gasteiger charge is 2.37. The number of hydrogen-bond acceptors (Lipinski definition) is 3. The second-order valence-electron chi connectivity index (χ2n) is 6.23. The van der Waals surface area contributed by atoms with Gasteiger partial charge in [0.05, 0.1) is 19.2 Å². The SMILES string of the molecule is COC[C@@H](NC(=O)N1CCN(CC(F)(F)F)[C@H](C)C1)C1CC1. The van der Waals surface area contributed by atoms with Crippen molar-refractivity contribution in [1.29, 1.82) is 0 Å². The lowest BCUT2D eigenvalue weighted by molar-refractivity contribution is -0.153. The van der Waals surface area contributed by atoms with Gasteiger partial charge in [0.25, 0.3) is 0 Å². The molecule has 8 heteroatoms. The molecule has 0 radical (unpaired) electrons. The Hall–Kier alpha value is -1.02. The van der Waals surface area contributed by atoms with E-state index in [9.17, 15) is 18.0 Å². The molecule has 2 fully saturated rings. The van der Waals surface area contributed by atoms with Gasteiger partial charge >= 0.3 is 12.2 Å². The van der Waals surface area contributed by atoms with Gasteiger partial charge in [-0.2, -0.15) is 13.2 Å². The predicted octanol–water partition coefficient (Wildman–Crippen LogP) is 1.69. The molecule has 5 nitrogen and oxygen atoms in total. The molecular weight excluding hydrogens is 299 g/mol. The summed E-state index contributed by atoms with van der Waals surface area (Å²) in [6.07, 6.45) is -2.03. The van der Waals surface area contributed by atoms with Crippen molar-refractivity contribution < 1.29 is 22.7 Å². The number of hydrogen-bond donors (Lipinski definition) is 1. The van der Waals surface area contributed by atoms with E-state index in [4.69, 9.17) is 4.74 Å². The van der Waals surface area contributed by atoms with Gasteiger partial charge in [-0.05, 0) is 25.7 Å². The Kier molecular flexibility index (Phi) is 5.55. The van der Waals surface area contributed by atoms with Gasteiger partial charge in [-0.25, -0.2) is 4.79 Å². The van der Waals surface area contributed by atoms with Crippen LogP contribution >= 0.6 is 0 Å². The summed E-state index contributed by atoms with van der Waals surface area (Å²) < 4.78 is 42.5. The fraction of sp³-hybridized carbons (Fsp3) is 0.929. The first-order chi connectivity index (χ1) is 10.3. The Morgan fingerprint density at radius 2 is 2.05 bits per heavy atom. The molecule has 128 valence electrons. The van der Waals surface area contributed by atoms with Gasteiger partial charge in [-0.3, -0.25) is 4.90 Å². The average molecular weight is 323 g/mol. The van der Waals surface area contributed by atoms with Crippen molar-refractivity contribution in [2.45, 2.75) is 38.0 Å². The third-order valence-corrected chi connectivity index (χ3v) is 4.28. The molecule has 0 bridgehead atoms. The lowest BCUT2D eigenvalue weighted by Gasteiger charge is -2.40. The number of alkyl halides is 3. The summed E-state index contributed by atoms with van der Waals surface area (Å²) in [5, 5.41) is 2.95. The number of ether oxygens (including phenoxy) is 1. The van der Waals surface area contributed by atoms with E-state index in [0.29, 0.717) is 25.6 Å². The quantitative estimate of drug-likeness (QED) is 0.837. The first-order valence-electron chi connectivity index (χ1n) is 7.65. The van der Waals surface area contributed by atoms with Crippen molar-refractivity contribution in [3.05, 3.63) is 0 Å². The van der Waals surface area contributed by atoms with Crippen molar-refractivity contribution in [3.63, 3.8) is 0 Å². The van der Waals surface area contributed by atoms with E-state index >= 15 is 0 Å². The normalized spacial score (nSPS) is 25.1. The van der Waals surface area contributed by atoms with E-state index in [1.807, 2.05) is 0 Å². The Morgan fingerprint density at radius 1 is 1.36 bits per heavy atom. The molecular formula is C14H24F3N3O2. The minimum absolute atomic E-state index is 0.000936. The van der Waals surface area contributed by atoms with Gasteiger partial charge in [-0.15, -0.1) is 0 Å². The number of nitrogens with one attached hydrogen (secondary N) is 1. The number of rotatable bonds is 5. The van der Waals surface area contributed by atoms with Crippen LogP contribution in [0.25, 0.3) is 0 Å². The summed E-state index contributed by atoms with van der Waals surface area (Å²) >= 11 is 0. The van der Waals surface area contributed by atoms with Crippen LogP contribution in [-0.4, -0.2) is 74.0 Å². The summed E-state index contributed by atoms with van der Waals surface area (Å²) in [4.78, 5) is 15.2. The van der Waals surface area contributed by atoms with Gasteiger partial charge in [0.1, 0.15) is 0 Å². The van der Waals surface area contributed by atoms with Gasteiger partial charge in [0.15, 0.2) is 0 Å². The Balaban J connectivity index is 1.82. The van der Waals surface area contributed by atoms with Crippen LogP contribution in [0, 0.1) is 5.92 Å². The monoisotopic (exact) mass is 323 g/mol. The molecule has 1 aliphatic heterocycles. The molecule has 1 N–H and O–H groups in total. The van der Waals surface area contributed by atoms with Crippen LogP contribution in [0.3, 0.4) is 0 Å². The summed E-state index contributed by atoms with van der Waals surface area (Å²) in [7, 11) is 1.60. The number of carbonyl (C=O) groups is 1. The minimum atomic E-state index is -4.20. The van der Waals surface area contributed by atoms with Crippen molar-refractivity contribution in [2.24, 2.45) is 5.92 Å². The minimum Gasteiger partial charge on any atom is -0.383 e. The highest BCUT2D eigenvalue weighted by Crippen LogP contribution is 2.32. The van der Waals surface area contributed by atoms with Crippen molar-refractivity contribution in [2.75, 3.05) is 39.9 Å². The predicted molar refractivity (Wildman–Crippen MR) is 75.6 cm³/mol. The molecule has 1 aliphatic carbocycles.